The molecule has 2 rings (SSSR count). The molecule has 16 heavy (non-hydrogen) atoms. The van der Waals surface area contributed by atoms with Gasteiger partial charge in [0.15, 0.2) is 5.65 Å². The number of aryl methyl sites for hydroxylation is 3. The van der Waals surface area contributed by atoms with Crippen LogP contribution in [0, 0.1) is 20.8 Å². The summed E-state index contributed by atoms with van der Waals surface area (Å²) in [5, 5.41) is 0. The Morgan fingerprint density at radius 3 is 2.25 bits per heavy atom. The highest BCUT2D eigenvalue weighted by atomic mass is 15.1. The van der Waals surface area contributed by atoms with Crippen LogP contribution in [0.3, 0.4) is 0 Å². The van der Waals surface area contributed by atoms with Crippen molar-refractivity contribution in [2.75, 3.05) is 0 Å². The van der Waals surface area contributed by atoms with Crippen molar-refractivity contribution in [1.82, 2.24) is 14.4 Å². The van der Waals surface area contributed by atoms with E-state index < -0.39 is 0 Å². The van der Waals surface area contributed by atoms with Crippen molar-refractivity contribution in [1.29, 1.82) is 0 Å². The summed E-state index contributed by atoms with van der Waals surface area (Å²) in [5.74, 6) is 0. The highest BCUT2D eigenvalue weighted by Crippen LogP contribution is 2.28. The van der Waals surface area contributed by atoms with E-state index in [4.69, 9.17) is 0 Å². The quantitative estimate of drug-likeness (QED) is 0.679. The van der Waals surface area contributed by atoms with Crippen LogP contribution in [0.1, 0.15) is 43.5 Å². The van der Waals surface area contributed by atoms with Crippen molar-refractivity contribution in [3.63, 3.8) is 0 Å². The second-order valence-corrected chi connectivity index (χ2v) is 5.44. The highest BCUT2D eigenvalue weighted by Gasteiger charge is 2.23. The maximum atomic E-state index is 4.64. The van der Waals surface area contributed by atoms with Crippen LogP contribution in [0.2, 0.25) is 0 Å². The monoisotopic (exact) mass is 217 g/mol. The minimum atomic E-state index is 0.0993. The predicted molar refractivity (Wildman–Crippen MR) is 65.9 cm³/mol. The van der Waals surface area contributed by atoms with Gasteiger partial charge in [0.25, 0.3) is 0 Å². The van der Waals surface area contributed by atoms with Crippen molar-refractivity contribution in [3.05, 3.63) is 29.0 Å². The number of hydrogen-bond acceptors (Lipinski definition) is 2. The lowest BCUT2D eigenvalue weighted by Gasteiger charge is -2.20. The molecule has 0 amide bonds. The lowest BCUT2D eigenvalue weighted by atomic mass is 9.90. The molecule has 0 aliphatic heterocycles. The zero-order valence-electron chi connectivity index (χ0n) is 10.9. The summed E-state index contributed by atoms with van der Waals surface area (Å²) in [7, 11) is 0. The smallest absolute Gasteiger partial charge is 0.158 e. The van der Waals surface area contributed by atoms with E-state index in [0.29, 0.717) is 0 Å². The Labute approximate surface area is 96.5 Å². The van der Waals surface area contributed by atoms with Crippen LogP contribution in [-0.2, 0) is 5.41 Å². The standard InChI is InChI=1S/C13H19N3/c1-8-7-14-10(3)12-15-9(2)11(16(8)12)13(4,5)6/h7H,1-6H3. The van der Waals surface area contributed by atoms with Crippen molar-refractivity contribution in [3.8, 4) is 0 Å². The molecule has 2 heterocycles. The molecule has 3 heteroatoms. The average Bonchev–Trinajstić information content (AvgIpc) is 2.49. The Bertz CT molecular complexity index is 544. The van der Waals surface area contributed by atoms with E-state index in [0.717, 1.165) is 22.7 Å². The molecule has 0 aromatic carbocycles. The van der Waals surface area contributed by atoms with Gasteiger partial charge in [0, 0.05) is 17.3 Å². The van der Waals surface area contributed by atoms with Crippen LogP contribution >= 0.6 is 0 Å². The third-order valence-corrected chi connectivity index (χ3v) is 2.88. The van der Waals surface area contributed by atoms with Gasteiger partial charge in [0.05, 0.1) is 17.1 Å². The van der Waals surface area contributed by atoms with Crippen LogP contribution < -0.4 is 0 Å². The van der Waals surface area contributed by atoms with Crippen LogP contribution in [0.25, 0.3) is 5.65 Å². The predicted octanol–water partition coefficient (Wildman–Crippen LogP) is 2.95. The minimum Gasteiger partial charge on any atom is -0.297 e. The fourth-order valence-electron chi connectivity index (χ4n) is 2.30. The first-order valence-electron chi connectivity index (χ1n) is 5.64. The molecule has 0 radical (unpaired) electrons. The number of hydrogen-bond donors (Lipinski definition) is 0. The zero-order chi connectivity index (χ0) is 12.1. The third kappa shape index (κ3) is 1.51. The summed E-state index contributed by atoms with van der Waals surface area (Å²) in [6.45, 7) is 12.8. The topological polar surface area (TPSA) is 30.2 Å². The Balaban J connectivity index is 2.94. The molecule has 0 spiro atoms. The molecule has 0 fully saturated rings. The van der Waals surface area contributed by atoms with Crippen molar-refractivity contribution in [2.24, 2.45) is 0 Å². The average molecular weight is 217 g/mol. The van der Waals surface area contributed by atoms with Gasteiger partial charge >= 0.3 is 0 Å². The Hall–Kier alpha value is -1.38. The number of imidazole rings is 1. The normalized spacial score (nSPS) is 12.4. The first-order valence-corrected chi connectivity index (χ1v) is 5.64. The molecule has 0 bridgehead atoms. The fourth-order valence-corrected chi connectivity index (χ4v) is 2.30. The molecule has 3 nitrogen and oxygen atoms in total. The molecule has 0 atom stereocenters. The largest absolute Gasteiger partial charge is 0.297 e. The number of fused-ring (bicyclic) bond motifs is 1. The molecule has 2 aromatic rings. The lowest BCUT2D eigenvalue weighted by molar-refractivity contribution is 0.556. The molecular weight excluding hydrogens is 198 g/mol. The highest BCUT2D eigenvalue weighted by molar-refractivity contribution is 5.49. The molecular formula is C13H19N3. The first-order chi connectivity index (χ1) is 7.32. The van der Waals surface area contributed by atoms with Gasteiger partial charge in [-0.3, -0.25) is 9.38 Å². The number of nitrogens with zero attached hydrogens (tertiary/aromatic N) is 3. The summed E-state index contributed by atoms with van der Waals surface area (Å²) in [5.41, 5.74) is 5.61. The lowest BCUT2D eigenvalue weighted by Crippen LogP contribution is -2.17. The zero-order valence-corrected chi connectivity index (χ0v) is 10.9. The van der Waals surface area contributed by atoms with Gasteiger partial charge in [-0.15, -0.1) is 0 Å². The van der Waals surface area contributed by atoms with E-state index in [1.165, 1.54) is 5.69 Å². The molecule has 0 aliphatic rings. The Morgan fingerprint density at radius 2 is 1.69 bits per heavy atom. The molecule has 2 aromatic heterocycles. The van der Waals surface area contributed by atoms with Crippen molar-refractivity contribution in [2.45, 2.75) is 47.0 Å². The summed E-state index contributed by atoms with van der Waals surface area (Å²) < 4.78 is 2.23. The summed E-state index contributed by atoms with van der Waals surface area (Å²) in [4.78, 5) is 9.00. The van der Waals surface area contributed by atoms with E-state index in [2.05, 4.69) is 49.0 Å². The Morgan fingerprint density at radius 1 is 1.06 bits per heavy atom. The van der Waals surface area contributed by atoms with Crippen LogP contribution in [0.5, 0.6) is 0 Å². The summed E-state index contributed by atoms with van der Waals surface area (Å²) in [6, 6.07) is 0. The Kier molecular flexibility index (Phi) is 2.30. The molecule has 0 N–H and O–H groups in total. The van der Waals surface area contributed by atoms with Gasteiger partial charge in [-0.2, -0.15) is 0 Å². The van der Waals surface area contributed by atoms with E-state index in [1.54, 1.807) is 0 Å². The second-order valence-electron chi connectivity index (χ2n) is 5.44. The van der Waals surface area contributed by atoms with Crippen LogP contribution in [0.4, 0.5) is 0 Å². The van der Waals surface area contributed by atoms with Gasteiger partial charge in [0.2, 0.25) is 0 Å². The van der Waals surface area contributed by atoms with Gasteiger partial charge in [0.1, 0.15) is 0 Å². The maximum absolute atomic E-state index is 4.64. The number of aromatic nitrogens is 3. The molecule has 0 aliphatic carbocycles. The fraction of sp³-hybridized carbons (Fsp3) is 0.538. The molecule has 86 valence electrons. The third-order valence-electron chi connectivity index (χ3n) is 2.88. The van der Waals surface area contributed by atoms with E-state index in [9.17, 15) is 0 Å². The van der Waals surface area contributed by atoms with Crippen molar-refractivity contribution >= 4 is 5.65 Å². The molecule has 0 saturated heterocycles. The van der Waals surface area contributed by atoms with Gasteiger partial charge in [-0.1, -0.05) is 20.8 Å². The van der Waals surface area contributed by atoms with E-state index in [-0.39, 0.29) is 5.41 Å². The van der Waals surface area contributed by atoms with E-state index in [1.807, 2.05) is 13.1 Å². The molecule has 0 unspecified atom stereocenters. The summed E-state index contributed by atoms with van der Waals surface area (Å²) in [6.07, 6.45) is 1.92. The second kappa shape index (κ2) is 3.30. The first kappa shape index (κ1) is 11.1. The SMILES string of the molecule is Cc1nc2c(C)ncc(C)n2c1C(C)(C)C. The van der Waals surface area contributed by atoms with E-state index >= 15 is 0 Å². The summed E-state index contributed by atoms with van der Waals surface area (Å²) >= 11 is 0. The van der Waals surface area contributed by atoms with Gasteiger partial charge < -0.3 is 0 Å². The number of rotatable bonds is 0. The minimum absolute atomic E-state index is 0.0993. The van der Waals surface area contributed by atoms with Gasteiger partial charge in [-0.25, -0.2) is 4.98 Å². The van der Waals surface area contributed by atoms with Crippen molar-refractivity contribution < 1.29 is 0 Å². The molecule has 0 saturated carbocycles. The van der Waals surface area contributed by atoms with Gasteiger partial charge in [-0.05, 0) is 20.8 Å². The maximum Gasteiger partial charge on any atom is 0.158 e. The van der Waals surface area contributed by atoms with Crippen LogP contribution in [0.15, 0.2) is 6.20 Å². The van der Waals surface area contributed by atoms with Crippen LogP contribution in [-0.4, -0.2) is 14.4 Å².